The lowest BCUT2D eigenvalue weighted by molar-refractivity contribution is 0.578. The Balaban J connectivity index is 1.35. The number of para-hydroxylation sites is 4. The lowest BCUT2D eigenvalue weighted by Crippen LogP contribution is -2.65. The number of rotatable bonds is 4. The van der Waals surface area contributed by atoms with Crippen molar-refractivity contribution >= 4 is 62.8 Å². The molecule has 1 aromatic heterocycles. The molecule has 6 aromatic rings. The summed E-state index contributed by atoms with van der Waals surface area (Å²) < 4.78 is 2.56. The van der Waals surface area contributed by atoms with Crippen molar-refractivity contribution in [2.75, 3.05) is 14.7 Å². The van der Waals surface area contributed by atoms with E-state index in [2.05, 4.69) is 179 Å². The van der Waals surface area contributed by atoms with Crippen LogP contribution in [0, 0.1) is 5.92 Å². The molecule has 3 atom stereocenters. The topological polar surface area (TPSA) is 14.7 Å². The highest BCUT2D eigenvalue weighted by molar-refractivity contribution is 6.92. The summed E-state index contributed by atoms with van der Waals surface area (Å²) in [5.41, 5.74) is 13.3. The lowest BCUT2D eigenvalue weighted by atomic mass is 9.29. The Morgan fingerprint density at radius 3 is 2.15 bits per heavy atom. The quantitative estimate of drug-likeness (QED) is 0.183. The molecular formula is C43H37BN4. The average Bonchev–Trinajstić information content (AvgIpc) is 3.65. The van der Waals surface area contributed by atoms with E-state index in [1.165, 1.54) is 67.3 Å². The molecule has 4 nitrogen and oxygen atoms in total. The number of anilines is 6. The van der Waals surface area contributed by atoms with E-state index in [1.807, 2.05) is 0 Å². The van der Waals surface area contributed by atoms with Crippen molar-refractivity contribution in [3.8, 4) is 0 Å². The van der Waals surface area contributed by atoms with Crippen molar-refractivity contribution in [3.63, 3.8) is 0 Å². The van der Waals surface area contributed by atoms with Gasteiger partial charge in [-0.2, -0.15) is 0 Å². The molecule has 1 aliphatic carbocycles. The first-order valence-electron chi connectivity index (χ1n) is 17.4. The SMILES string of the molecule is CCn1c2c(c3ccccc31)B1c3c(cccc3N(c3ccccc3)C3C1c1ccccc1N3C1=CC=CCC1C)N2c1ccccc1. The van der Waals surface area contributed by atoms with E-state index in [-0.39, 0.29) is 18.7 Å². The van der Waals surface area contributed by atoms with Crippen LogP contribution in [0.2, 0.25) is 0 Å². The first kappa shape index (κ1) is 27.7. The summed E-state index contributed by atoms with van der Waals surface area (Å²) in [4.78, 5) is 7.92. The second kappa shape index (κ2) is 10.5. The van der Waals surface area contributed by atoms with E-state index >= 15 is 0 Å². The number of hydrogen-bond acceptors (Lipinski definition) is 3. The molecule has 0 N–H and O–H groups in total. The van der Waals surface area contributed by atoms with Gasteiger partial charge in [-0.3, -0.25) is 4.90 Å². The van der Waals surface area contributed by atoms with Crippen molar-refractivity contribution in [1.29, 1.82) is 0 Å². The predicted molar refractivity (Wildman–Crippen MR) is 202 cm³/mol. The fraction of sp³-hybridized carbons (Fsp3) is 0.163. The lowest BCUT2D eigenvalue weighted by Gasteiger charge is -2.51. The summed E-state index contributed by atoms with van der Waals surface area (Å²) in [5, 5.41) is 1.36. The summed E-state index contributed by atoms with van der Waals surface area (Å²) in [6.45, 7) is 5.73. The van der Waals surface area contributed by atoms with E-state index in [4.69, 9.17) is 0 Å². The first-order valence-corrected chi connectivity index (χ1v) is 17.4. The Hall–Kier alpha value is -5.42. The molecule has 5 heteroatoms. The maximum atomic E-state index is 2.71. The van der Waals surface area contributed by atoms with Crippen molar-refractivity contribution in [2.24, 2.45) is 5.92 Å². The second-order valence-electron chi connectivity index (χ2n) is 13.6. The zero-order valence-corrected chi connectivity index (χ0v) is 27.4. The van der Waals surface area contributed by atoms with Gasteiger partial charge in [-0.15, -0.1) is 0 Å². The van der Waals surface area contributed by atoms with E-state index in [0.717, 1.165) is 13.0 Å². The number of nitrogens with zero attached hydrogens (tertiary/aromatic N) is 4. The van der Waals surface area contributed by atoms with Crippen LogP contribution in [-0.2, 0) is 6.54 Å². The summed E-state index contributed by atoms with van der Waals surface area (Å²) >= 11 is 0. The molecule has 4 aliphatic rings. The highest BCUT2D eigenvalue weighted by atomic mass is 15.4. The number of allylic oxidation sites excluding steroid dienone is 4. The Morgan fingerprint density at radius 2 is 1.35 bits per heavy atom. The van der Waals surface area contributed by atoms with Gasteiger partial charge in [-0.25, -0.2) is 0 Å². The van der Waals surface area contributed by atoms with Crippen molar-refractivity contribution in [1.82, 2.24) is 4.57 Å². The van der Waals surface area contributed by atoms with Gasteiger partial charge >= 0.3 is 0 Å². The van der Waals surface area contributed by atoms with E-state index in [1.54, 1.807) is 0 Å². The number of benzene rings is 5. The van der Waals surface area contributed by atoms with Crippen molar-refractivity contribution < 1.29 is 0 Å². The largest absolute Gasteiger partial charge is 0.328 e. The van der Waals surface area contributed by atoms with Gasteiger partial charge in [-0.1, -0.05) is 97.9 Å². The monoisotopic (exact) mass is 620 g/mol. The smallest absolute Gasteiger partial charge is 0.232 e. The van der Waals surface area contributed by atoms with Crippen molar-refractivity contribution in [2.45, 2.75) is 38.8 Å². The third-order valence-corrected chi connectivity index (χ3v) is 11.2. The van der Waals surface area contributed by atoms with Gasteiger partial charge in [0.2, 0.25) is 6.71 Å². The van der Waals surface area contributed by atoms with Crippen LogP contribution in [0.1, 0.15) is 31.6 Å². The maximum Gasteiger partial charge on any atom is 0.232 e. The van der Waals surface area contributed by atoms with Crippen LogP contribution in [-0.4, -0.2) is 17.4 Å². The van der Waals surface area contributed by atoms with Crippen LogP contribution < -0.4 is 25.6 Å². The number of aromatic nitrogens is 1. The van der Waals surface area contributed by atoms with Gasteiger partial charge < -0.3 is 14.4 Å². The van der Waals surface area contributed by atoms with Crippen LogP contribution >= 0.6 is 0 Å². The first-order chi connectivity index (χ1) is 23.8. The van der Waals surface area contributed by atoms with Crippen LogP contribution in [0.15, 0.2) is 151 Å². The molecule has 0 amide bonds. The number of hydrogen-bond donors (Lipinski definition) is 0. The maximum absolute atomic E-state index is 2.71. The van der Waals surface area contributed by atoms with E-state index in [0.29, 0.717) is 5.92 Å². The van der Waals surface area contributed by atoms with Gasteiger partial charge in [0.15, 0.2) is 0 Å². The average molecular weight is 621 g/mol. The summed E-state index contributed by atoms with van der Waals surface area (Å²) in [6, 6.07) is 47.5. The molecule has 10 rings (SSSR count). The molecule has 5 aromatic carbocycles. The Labute approximate surface area is 282 Å². The zero-order chi connectivity index (χ0) is 31.9. The highest BCUT2D eigenvalue weighted by Gasteiger charge is 2.57. The second-order valence-corrected chi connectivity index (χ2v) is 13.6. The Kier molecular flexibility index (Phi) is 6.08. The molecule has 0 spiro atoms. The minimum Gasteiger partial charge on any atom is -0.328 e. The number of fused-ring (bicyclic) bond motifs is 8. The summed E-state index contributed by atoms with van der Waals surface area (Å²) in [6.07, 6.45) is 8.07. The van der Waals surface area contributed by atoms with Gasteiger partial charge in [0, 0.05) is 52.0 Å². The third kappa shape index (κ3) is 3.67. The molecule has 232 valence electrons. The molecule has 0 bridgehead atoms. The molecule has 4 heterocycles. The summed E-state index contributed by atoms with van der Waals surface area (Å²) in [5.74, 6) is 1.92. The van der Waals surface area contributed by atoms with Crippen LogP contribution in [0.4, 0.5) is 34.3 Å². The summed E-state index contributed by atoms with van der Waals surface area (Å²) in [7, 11) is 0. The zero-order valence-electron chi connectivity index (χ0n) is 27.4. The molecule has 0 fully saturated rings. The van der Waals surface area contributed by atoms with Gasteiger partial charge in [-0.05, 0) is 95.7 Å². The molecular weight excluding hydrogens is 583 g/mol. The van der Waals surface area contributed by atoms with Crippen LogP contribution in [0.25, 0.3) is 10.9 Å². The normalized spacial score (nSPS) is 20.4. The molecule has 3 aliphatic heterocycles. The standard InChI is InChI=1S/C43H37BN4/c1-3-45-35-25-14-11-22-32(35)39-42(45)46(30-18-6-4-7-19-30)37-27-16-28-38-41(37)44(39)40-33-23-12-15-26-36(33)48(34-24-13-10-17-29(34)2)43(40)47(38)31-20-8-5-9-21-31/h4-16,18-29,40,43H,3,17H2,1-2H3. The fourth-order valence-corrected chi connectivity index (χ4v) is 9.35. The predicted octanol–water partition coefficient (Wildman–Crippen LogP) is 9.15. The minimum absolute atomic E-state index is 0.0672. The Bertz CT molecular complexity index is 2270. The molecule has 0 radical (unpaired) electrons. The molecule has 0 saturated heterocycles. The molecule has 3 unspecified atom stereocenters. The van der Waals surface area contributed by atoms with Crippen molar-refractivity contribution in [3.05, 3.63) is 157 Å². The van der Waals surface area contributed by atoms with Gasteiger partial charge in [0.25, 0.3) is 0 Å². The Morgan fingerprint density at radius 1 is 0.667 bits per heavy atom. The number of aryl methyl sites for hydroxylation is 1. The van der Waals surface area contributed by atoms with Crippen LogP contribution in [0.3, 0.4) is 0 Å². The van der Waals surface area contributed by atoms with E-state index in [9.17, 15) is 0 Å². The van der Waals surface area contributed by atoms with Crippen LogP contribution in [0.5, 0.6) is 0 Å². The van der Waals surface area contributed by atoms with E-state index < -0.39 is 0 Å². The highest BCUT2D eigenvalue weighted by Crippen LogP contribution is 2.55. The fourth-order valence-electron chi connectivity index (χ4n) is 9.35. The molecule has 0 saturated carbocycles. The molecule has 48 heavy (non-hydrogen) atoms. The van der Waals surface area contributed by atoms with Gasteiger partial charge in [0.05, 0.1) is 0 Å². The van der Waals surface area contributed by atoms with Gasteiger partial charge in [0.1, 0.15) is 12.0 Å². The minimum atomic E-state index is 0.0672. The third-order valence-electron chi connectivity index (χ3n) is 11.2.